The zero-order valence-electron chi connectivity index (χ0n) is 16.0. The Balaban J connectivity index is 1.89. The Morgan fingerprint density at radius 1 is 1.52 bits per heavy atom. The fourth-order valence-corrected chi connectivity index (χ4v) is 3.42. The summed E-state index contributed by atoms with van der Waals surface area (Å²) in [5, 5.41) is 7.47. The number of hydrogen-bond acceptors (Lipinski definition) is 3. The molecule has 1 aliphatic rings. The van der Waals surface area contributed by atoms with Crippen molar-refractivity contribution < 1.29 is 9.18 Å². The number of alkyl halides is 1. The summed E-state index contributed by atoms with van der Waals surface area (Å²) in [5.74, 6) is -0.208. The van der Waals surface area contributed by atoms with E-state index in [1.807, 2.05) is 19.9 Å². The van der Waals surface area contributed by atoms with Crippen LogP contribution in [0.15, 0.2) is 42.8 Å². The topological polar surface area (TPSA) is 59.8 Å². The lowest BCUT2D eigenvalue weighted by molar-refractivity contribution is 0.0927. The summed E-state index contributed by atoms with van der Waals surface area (Å²) >= 11 is 0. The van der Waals surface area contributed by atoms with E-state index < -0.39 is 6.17 Å². The van der Waals surface area contributed by atoms with Crippen LogP contribution in [-0.2, 0) is 6.42 Å². The number of halogens is 1. The van der Waals surface area contributed by atoms with Crippen molar-refractivity contribution >= 4 is 11.6 Å². The monoisotopic (exact) mass is 368 g/mol. The van der Waals surface area contributed by atoms with Gasteiger partial charge in [0, 0.05) is 17.5 Å². The number of carbonyl (C=O) groups is 1. The molecule has 142 valence electrons. The number of aromatic nitrogens is 3. The van der Waals surface area contributed by atoms with E-state index in [9.17, 15) is 9.18 Å². The number of nitrogens with one attached hydrogen (secondary N) is 1. The summed E-state index contributed by atoms with van der Waals surface area (Å²) in [4.78, 5) is 16.7. The Labute approximate surface area is 159 Å². The van der Waals surface area contributed by atoms with Gasteiger partial charge < -0.3 is 5.32 Å². The summed E-state index contributed by atoms with van der Waals surface area (Å²) < 4.78 is 15.8. The second-order valence-corrected chi connectivity index (χ2v) is 7.13. The molecule has 0 bridgehead atoms. The number of pyridine rings is 1. The molecule has 1 aliphatic carbocycles. The van der Waals surface area contributed by atoms with Gasteiger partial charge >= 0.3 is 0 Å². The van der Waals surface area contributed by atoms with E-state index in [1.165, 1.54) is 6.92 Å². The SMILES string of the molecule is C=C(C)/C=C(\C(C)F)n1ncc2c1CCC[C@H]2NC(=O)c1cc(C)ccn1. The Bertz CT molecular complexity index is 897. The van der Waals surface area contributed by atoms with Gasteiger partial charge in [-0.2, -0.15) is 5.10 Å². The van der Waals surface area contributed by atoms with Crippen molar-refractivity contribution in [1.29, 1.82) is 0 Å². The molecule has 0 saturated carbocycles. The van der Waals surface area contributed by atoms with Gasteiger partial charge in [-0.3, -0.25) is 9.78 Å². The van der Waals surface area contributed by atoms with Crippen molar-refractivity contribution in [1.82, 2.24) is 20.1 Å². The van der Waals surface area contributed by atoms with E-state index in [1.54, 1.807) is 29.2 Å². The molecule has 1 N–H and O–H groups in total. The van der Waals surface area contributed by atoms with Crippen molar-refractivity contribution in [2.45, 2.75) is 52.2 Å². The smallest absolute Gasteiger partial charge is 0.270 e. The molecule has 2 heterocycles. The fourth-order valence-electron chi connectivity index (χ4n) is 3.42. The minimum atomic E-state index is -1.17. The minimum Gasteiger partial charge on any atom is -0.344 e. The first-order chi connectivity index (χ1) is 12.9. The van der Waals surface area contributed by atoms with Gasteiger partial charge in [0.1, 0.15) is 11.9 Å². The molecule has 0 fully saturated rings. The number of carbonyl (C=O) groups excluding carboxylic acids is 1. The van der Waals surface area contributed by atoms with Gasteiger partial charge in [0.25, 0.3) is 5.91 Å². The van der Waals surface area contributed by atoms with Gasteiger partial charge in [0.15, 0.2) is 0 Å². The number of fused-ring (bicyclic) bond motifs is 1. The van der Waals surface area contributed by atoms with Crippen molar-refractivity contribution in [3.8, 4) is 0 Å². The van der Waals surface area contributed by atoms with Gasteiger partial charge in [0.2, 0.25) is 0 Å². The summed E-state index contributed by atoms with van der Waals surface area (Å²) in [7, 11) is 0. The fraction of sp³-hybridized carbons (Fsp3) is 0.381. The second kappa shape index (κ2) is 7.86. The molecule has 0 aliphatic heterocycles. The zero-order chi connectivity index (χ0) is 19.6. The Morgan fingerprint density at radius 3 is 2.96 bits per heavy atom. The molecule has 0 spiro atoms. The highest BCUT2D eigenvalue weighted by Gasteiger charge is 2.28. The zero-order valence-corrected chi connectivity index (χ0v) is 16.0. The minimum absolute atomic E-state index is 0.154. The molecule has 6 heteroatoms. The van der Waals surface area contributed by atoms with Crippen LogP contribution < -0.4 is 5.32 Å². The normalized spacial score (nSPS) is 17.9. The van der Waals surface area contributed by atoms with Crippen molar-refractivity contribution in [3.63, 3.8) is 0 Å². The highest BCUT2D eigenvalue weighted by atomic mass is 19.1. The molecule has 1 unspecified atom stereocenters. The van der Waals surface area contributed by atoms with E-state index in [2.05, 4.69) is 22.0 Å². The average molecular weight is 368 g/mol. The third kappa shape index (κ3) is 4.15. The highest BCUT2D eigenvalue weighted by molar-refractivity contribution is 5.92. The summed E-state index contributed by atoms with van der Waals surface area (Å²) in [6.45, 7) is 9.10. The van der Waals surface area contributed by atoms with Crippen molar-refractivity contribution in [3.05, 3.63) is 65.3 Å². The number of allylic oxidation sites excluding steroid dienone is 3. The third-order valence-electron chi connectivity index (χ3n) is 4.68. The first-order valence-electron chi connectivity index (χ1n) is 9.18. The molecule has 3 rings (SSSR count). The third-order valence-corrected chi connectivity index (χ3v) is 4.68. The molecule has 0 saturated heterocycles. The maximum absolute atomic E-state index is 14.2. The molecule has 27 heavy (non-hydrogen) atoms. The van der Waals surface area contributed by atoms with Crippen LogP contribution in [0.3, 0.4) is 0 Å². The van der Waals surface area contributed by atoms with Gasteiger partial charge in [0.05, 0.1) is 17.9 Å². The predicted molar refractivity (Wildman–Crippen MR) is 104 cm³/mol. The Morgan fingerprint density at radius 2 is 2.30 bits per heavy atom. The molecule has 0 radical (unpaired) electrons. The van der Waals surface area contributed by atoms with E-state index in [4.69, 9.17) is 0 Å². The van der Waals surface area contributed by atoms with Gasteiger partial charge in [-0.05, 0) is 63.8 Å². The molecular formula is C21H25FN4O. The number of hydrogen-bond donors (Lipinski definition) is 1. The number of amides is 1. The number of rotatable bonds is 5. The quantitative estimate of drug-likeness (QED) is 0.806. The first kappa shape index (κ1) is 19.0. The van der Waals surface area contributed by atoms with Gasteiger partial charge in [-0.25, -0.2) is 9.07 Å². The van der Waals surface area contributed by atoms with Crippen LogP contribution in [0.4, 0.5) is 4.39 Å². The summed E-state index contributed by atoms with van der Waals surface area (Å²) in [6.07, 6.45) is 6.43. The van der Waals surface area contributed by atoms with E-state index >= 15 is 0 Å². The molecule has 2 aromatic rings. The molecule has 0 aromatic carbocycles. The van der Waals surface area contributed by atoms with Gasteiger partial charge in [-0.15, -0.1) is 0 Å². The Kier molecular flexibility index (Phi) is 5.54. The van der Waals surface area contributed by atoms with E-state index in [0.29, 0.717) is 11.4 Å². The average Bonchev–Trinajstić information content (AvgIpc) is 3.04. The van der Waals surface area contributed by atoms with E-state index in [0.717, 1.165) is 41.7 Å². The van der Waals surface area contributed by atoms with Crippen molar-refractivity contribution in [2.75, 3.05) is 0 Å². The molecule has 5 nitrogen and oxygen atoms in total. The molecule has 1 amide bonds. The lowest BCUT2D eigenvalue weighted by Crippen LogP contribution is -2.31. The largest absolute Gasteiger partial charge is 0.344 e. The van der Waals surface area contributed by atoms with Crippen LogP contribution in [0.2, 0.25) is 0 Å². The Hall–Kier alpha value is -2.76. The maximum atomic E-state index is 14.2. The molecule has 2 atom stereocenters. The van der Waals surface area contributed by atoms with Crippen molar-refractivity contribution in [2.24, 2.45) is 0 Å². The van der Waals surface area contributed by atoms with Crippen LogP contribution in [0.1, 0.15) is 60.0 Å². The van der Waals surface area contributed by atoms with Crippen LogP contribution in [-0.4, -0.2) is 26.8 Å². The summed E-state index contributed by atoms with van der Waals surface area (Å²) in [5.41, 5.74) is 4.51. The molecule has 2 aromatic heterocycles. The van der Waals surface area contributed by atoms with Crippen LogP contribution >= 0.6 is 0 Å². The molecular weight excluding hydrogens is 343 g/mol. The first-order valence-corrected chi connectivity index (χ1v) is 9.18. The van der Waals surface area contributed by atoms with Crippen LogP contribution in [0.5, 0.6) is 0 Å². The highest BCUT2D eigenvalue weighted by Crippen LogP contribution is 2.32. The standard InChI is InChI=1S/C21H25FN4O/c1-13(2)10-20(15(4)22)26-19-7-5-6-17(16(19)12-24-26)25-21(27)18-11-14(3)8-9-23-18/h8-12,15,17H,1,5-7H2,2-4H3,(H,25,27)/b20-10+/t15?,17-/m1/s1. The second-order valence-electron chi connectivity index (χ2n) is 7.13. The lowest BCUT2D eigenvalue weighted by Gasteiger charge is -2.25. The number of nitrogens with zero attached hydrogens (tertiary/aromatic N) is 3. The number of aryl methyl sites for hydroxylation is 1. The lowest BCUT2D eigenvalue weighted by atomic mass is 9.92. The van der Waals surface area contributed by atoms with Crippen LogP contribution in [0.25, 0.3) is 5.70 Å². The predicted octanol–water partition coefficient (Wildman–Crippen LogP) is 4.17. The van der Waals surface area contributed by atoms with Crippen LogP contribution in [0, 0.1) is 6.92 Å². The maximum Gasteiger partial charge on any atom is 0.270 e. The van der Waals surface area contributed by atoms with E-state index in [-0.39, 0.29) is 11.9 Å². The summed E-state index contributed by atoms with van der Waals surface area (Å²) in [6, 6.07) is 3.46. The van der Waals surface area contributed by atoms with Gasteiger partial charge in [-0.1, -0.05) is 12.2 Å².